The molecule has 0 fully saturated rings. The van der Waals surface area contributed by atoms with Crippen LogP contribution in [0.25, 0.3) is 0 Å². The van der Waals surface area contributed by atoms with Crippen LogP contribution >= 0.6 is 11.8 Å². The number of hydrogen-bond donors (Lipinski definition) is 4. The molecule has 0 saturated heterocycles. The summed E-state index contributed by atoms with van der Waals surface area (Å²) >= 11 is 0.983. The van der Waals surface area contributed by atoms with Crippen molar-refractivity contribution in [2.24, 2.45) is 5.73 Å². The Bertz CT molecular complexity index is 295. The minimum absolute atomic E-state index is 0.238. The van der Waals surface area contributed by atoms with E-state index in [-0.39, 0.29) is 6.42 Å². The summed E-state index contributed by atoms with van der Waals surface area (Å²) in [5.41, 5.74) is 5.25. The van der Waals surface area contributed by atoms with Gasteiger partial charge in [0, 0.05) is 0 Å². The van der Waals surface area contributed by atoms with E-state index in [2.05, 4.69) is 0 Å². The molecule has 7 nitrogen and oxygen atoms in total. The van der Waals surface area contributed by atoms with E-state index in [4.69, 9.17) is 21.1 Å². The van der Waals surface area contributed by atoms with E-state index in [1.54, 1.807) is 0 Å². The third kappa shape index (κ3) is 7.58. The molecule has 8 heteroatoms. The largest absolute Gasteiger partial charge is 0.481 e. The zero-order chi connectivity index (χ0) is 13.4. The minimum atomic E-state index is -1.18. The highest BCUT2D eigenvalue weighted by Crippen LogP contribution is 2.17. The Balaban J connectivity index is 3.87. The Morgan fingerprint density at radius 2 is 1.71 bits per heavy atom. The average molecular weight is 265 g/mol. The van der Waals surface area contributed by atoms with Crippen LogP contribution in [0.3, 0.4) is 0 Å². The molecule has 0 saturated carbocycles. The van der Waals surface area contributed by atoms with Crippen LogP contribution in [-0.4, -0.2) is 50.3 Å². The van der Waals surface area contributed by atoms with Crippen LogP contribution in [0.5, 0.6) is 0 Å². The van der Waals surface area contributed by atoms with Gasteiger partial charge in [0.05, 0.1) is 6.42 Å². The van der Waals surface area contributed by atoms with Gasteiger partial charge in [-0.1, -0.05) is 0 Å². The highest BCUT2D eigenvalue weighted by atomic mass is 32.2. The lowest BCUT2D eigenvalue weighted by Crippen LogP contribution is -2.30. The van der Waals surface area contributed by atoms with Gasteiger partial charge in [-0.2, -0.15) is 0 Å². The summed E-state index contributed by atoms with van der Waals surface area (Å²) in [6.07, 6.45) is 0.217. The molecule has 0 aliphatic rings. The summed E-state index contributed by atoms with van der Waals surface area (Å²) < 4.78 is 0. The Morgan fingerprint density at radius 1 is 1.12 bits per heavy atom. The lowest BCUT2D eigenvalue weighted by Gasteiger charge is -2.10. The molecule has 0 aromatic rings. The van der Waals surface area contributed by atoms with Crippen molar-refractivity contribution < 1.29 is 29.7 Å². The fraction of sp³-hybridized carbons (Fsp3) is 0.667. The second kappa shape index (κ2) is 7.91. The van der Waals surface area contributed by atoms with Crippen LogP contribution in [-0.2, 0) is 14.4 Å². The van der Waals surface area contributed by atoms with Gasteiger partial charge in [0.15, 0.2) is 0 Å². The van der Waals surface area contributed by atoms with E-state index < -0.39 is 35.6 Å². The third-order valence-corrected chi connectivity index (χ3v) is 3.23. The van der Waals surface area contributed by atoms with E-state index in [0.29, 0.717) is 12.2 Å². The molecule has 0 spiro atoms. The van der Waals surface area contributed by atoms with Crippen molar-refractivity contribution in [2.45, 2.75) is 30.6 Å². The molecule has 2 atom stereocenters. The van der Waals surface area contributed by atoms with Crippen LogP contribution in [0.4, 0.5) is 0 Å². The van der Waals surface area contributed by atoms with Gasteiger partial charge < -0.3 is 21.1 Å². The lowest BCUT2D eigenvalue weighted by atomic mass is 10.2. The molecule has 0 aliphatic heterocycles. The average Bonchev–Trinajstić information content (AvgIpc) is 2.21. The summed E-state index contributed by atoms with van der Waals surface area (Å²) in [5, 5.41) is 24.7. The van der Waals surface area contributed by atoms with Crippen molar-refractivity contribution in [3.8, 4) is 0 Å². The first-order valence-corrected chi connectivity index (χ1v) is 5.94. The maximum Gasteiger partial charge on any atom is 0.320 e. The summed E-state index contributed by atoms with van der Waals surface area (Å²) in [6.45, 7) is 0. The Hall–Kier alpha value is -1.28. The molecular weight excluding hydrogens is 250 g/mol. The fourth-order valence-corrected chi connectivity index (χ4v) is 2.05. The van der Waals surface area contributed by atoms with E-state index in [1.165, 1.54) is 0 Å². The van der Waals surface area contributed by atoms with Gasteiger partial charge in [-0.25, -0.2) is 0 Å². The van der Waals surface area contributed by atoms with Gasteiger partial charge in [0.1, 0.15) is 11.3 Å². The smallest absolute Gasteiger partial charge is 0.320 e. The van der Waals surface area contributed by atoms with Crippen LogP contribution < -0.4 is 5.73 Å². The third-order valence-electron chi connectivity index (χ3n) is 1.93. The minimum Gasteiger partial charge on any atom is -0.481 e. The van der Waals surface area contributed by atoms with Gasteiger partial charge in [0.25, 0.3) is 0 Å². The molecule has 98 valence electrons. The monoisotopic (exact) mass is 265 g/mol. The van der Waals surface area contributed by atoms with Crippen molar-refractivity contribution in [1.82, 2.24) is 0 Å². The molecule has 0 heterocycles. The van der Waals surface area contributed by atoms with Crippen molar-refractivity contribution >= 4 is 29.7 Å². The SMILES string of the molecule is NC(CCCSC(CC(=O)O)C(=O)O)C(=O)O. The zero-order valence-corrected chi connectivity index (χ0v) is 9.85. The van der Waals surface area contributed by atoms with Crippen LogP contribution in [0, 0.1) is 0 Å². The summed E-state index contributed by atoms with van der Waals surface area (Å²) in [7, 11) is 0. The van der Waals surface area contributed by atoms with E-state index in [1.807, 2.05) is 0 Å². The normalized spacial score (nSPS) is 13.9. The predicted molar refractivity (Wildman–Crippen MR) is 61.0 cm³/mol. The standard InChI is InChI=1S/C9H15NO6S/c10-5(8(13)14)2-1-3-17-6(9(15)16)4-7(11)12/h5-6H,1-4,10H2,(H,11,12)(H,13,14)(H,15,16). The fourth-order valence-electron chi connectivity index (χ4n) is 1.03. The predicted octanol–water partition coefficient (Wildman–Crippen LogP) is -0.160. The molecule has 0 amide bonds. The van der Waals surface area contributed by atoms with E-state index >= 15 is 0 Å². The second-order valence-corrected chi connectivity index (χ2v) is 4.69. The highest BCUT2D eigenvalue weighted by Gasteiger charge is 2.21. The molecule has 5 N–H and O–H groups in total. The Labute approximate surface area is 102 Å². The first-order chi connectivity index (χ1) is 7.84. The molecule has 0 aromatic heterocycles. The zero-order valence-electron chi connectivity index (χ0n) is 9.04. The molecule has 0 aromatic carbocycles. The quantitative estimate of drug-likeness (QED) is 0.422. The van der Waals surface area contributed by atoms with Crippen LogP contribution in [0.1, 0.15) is 19.3 Å². The molecule has 2 unspecified atom stereocenters. The van der Waals surface area contributed by atoms with Crippen molar-refractivity contribution in [3.63, 3.8) is 0 Å². The number of nitrogens with two attached hydrogens (primary N) is 1. The molecule has 0 radical (unpaired) electrons. The second-order valence-electron chi connectivity index (χ2n) is 3.38. The van der Waals surface area contributed by atoms with Crippen LogP contribution in [0.15, 0.2) is 0 Å². The molecule has 0 rings (SSSR count). The summed E-state index contributed by atoms with van der Waals surface area (Å²) in [6, 6.07) is -0.960. The van der Waals surface area contributed by atoms with Gasteiger partial charge in [-0.15, -0.1) is 11.8 Å². The lowest BCUT2D eigenvalue weighted by molar-refractivity contribution is -0.142. The van der Waals surface area contributed by atoms with Crippen molar-refractivity contribution in [3.05, 3.63) is 0 Å². The molecule has 0 bridgehead atoms. The number of carboxylic acids is 3. The maximum atomic E-state index is 10.7. The first kappa shape index (κ1) is 15.7. The molecular formula is C9H15NO6S. The molecule has 0 aliphatic carbocycles. The maximum absolute atomic E-state index is 10.7. The number of hydrogen-bond acceptors (Lipinski definition) is 5. The Morgan fingerprint density at radius 3 is 2.12 bits per heavy atom. The van der Waals surface area contributed by atoms with Gasteiger partial charge in [-0.05, 0) is 18.6 Å². The number of aliphatic carboxylic acids is 3. The van der Waals surface area contributed by atoms with Gasteiger partial charge in [0.2, 0.25) is 0 Å². The van der Waals surface area contributed by atoms with Gasteiger partial charge >= 0.3 is 17.9 Å². The van der Waals surface area contributed by atoms with Crippen LogP contribution in [0.2, 0.25) is 0 Å². The van der Waals surface area contributed by atoms with Crippen molar-refractivity contribution in [2.75, 3.05) is 5.75 Å². The topological polar surface area (TPSA) is 138 Å². The van der Waals surface area contributed by atoms with E-state index in [9.17, 15) is 14.4 Å². The summed E-state index contributed by atoms with van der Waals surface area (Å²) in [5.74, 6) is -3.09. The number of thioether (sulfide) groups is 1. The number of carbonyl (C=O) groups is 3. The highest BCUT2D eigenvalue weighted by molar-refractivity contribution is 8.00. The number of carboxylic acid groups (broad SMARTS) is 3. The number of rotatable bonds is 9. The Kier molecular flexibility index (Phi) is 7.31. The summed E-state index contributed by atoms with van der Waals surface area (Å²) in [4.78, 5) is 31.4. The van der Waals surface area contributed by atoms with Gasteiger partial charge in [-0.3, -0.25) is 14.4 Å². The van der Waals surface area contributed by atoms with Crippen molar-refractivity contribution in [1.29, 1.82) is 0 Å². The van der Waals surface area contributed by atoms with E-state index in [0.717, 1.165) is 11.8 Å². The molecule has 17 heavy (non-hydrogen) atoms. The first-order valence-electron chi connectivity index (χ1n) is 4.89.